The minimum atomic E-state index is 0.484. The third-order valence-corrected chi connectivity index (χ3v) is 4.68. The molecule has 2 nitrogen and oxygen atoms in total. The maximum Gasteiger partial charge on any atom is 0.0116 e. The van der Waals surface area contributed by atoms with Crippen LogP contribution in [0.15, 0.2) is 0 Å². The van der Waals surface area contributed by atoms with Crippen molar-refractivity contribution >= 4 is 11.8 Å². The van der Waals surface area contributed by atoms with Crippen LogP contribution in [0.2, 0.25) is 0 Å². The zero-order valence-corrected chi connectivity index (χ0v) is 11.5. The Morgan fingerprint density at radius 2 is 2.13 bits per heavy atom. The molecule has 0 aliphatic carbocycles. The second kappa shape index (κ2) is 6.12. The van der Waals surface area contributed by atoms with Crippen molar-refractivity contribution in [2.24, 2.45) is 0 Å². The summed E-state index contributed by atoms with van der Waals surface area (Å²) in [6, 6.07) is 0.729. The van der Waals surface area contributed by atoms with Crippen molar-refractivity contribution < 1.29 is 0 Å². The lowest BCUT2D eigenvalue weighted by Crippen LogP contribution is -2.37. The van der Waals surface area contributed by atoms with E-state index in [1.807, 2.05) is 7.05 Å². The third kappa shape index (κ3) is 4.75. The molecule has 0 bridgehead atoms. The van der Waals surface area contributed by atoms with Gasteiger partial charge in [-0.1, -0.05) is 13.8 Å². The van der Waals surface area contributed by atoms with Gasteiger partial charge in [-0.25, -0.2) is 0 Å². The van der Waals surface area contributed by atoms with E-state index in [-0.39, 0.29) is 0 Å². The number of hydrogen-bond donors (Lipinski definition) is 1. The van der Waals surface area contributed by atoms with E-state index in [1.165, 1.54) is 31.7 Å². The smallest absolute Gasteiger partial charge is 0.0116 e. The molecular weight excluding hydrogens is 204 g/mol. The fourth-order valence-corrected chi connectivity index (χ4v) is 3.13. The monoisotopic (exact) mass is 230 g/mol. The maximum atomic E-state index is 3.24. The molecule has 90 valence electrons. The highest BCUT2D eigenvalue weighted by Crippen LogP contribution is 2.31. The summed E-state index contributed by atoms with van der Waals surface area (Å²) in [6.45, 7) is 10.8. The van der Waals surface area contributed by atoms with E-state index in [4.69, 9.17) is 0 Å². The van der Waals surface area contributed by atoms with E-state index < -0.39 is 0 Å². The average molecular weight is 230 g/mol. The average Bonchev–Trinajstić information content (AvgIpc) is 2.36. The van der Waals surface area contributed by atoms with E-state index in [0.29, 0.717) is 4.75 Å². The van der Waals surface area contributed by atoms with Crippen LogP contribution in [-0.4, -0.2) is 48.1 Å². The van der Waals surface area contributed by atoms with E-state index >= 15 is 0 Å². The molecule has 1 N–H and O–H groups in total. The fourth-order valence-electron chi connectivity index (χ4n) is 2.01. The van der Waals surface area contributed by atoms with Gasteiger partial charge in [-0.3, -0.25) is 4.90 Å². The predicted octanol–water partition coefficient (Wildman–Crippen LogP) is 2.20. The quantitative estimate of drug-likeness (QED) is 0.797. The van der Waals surface area contributed by atoms with Gasteiger partial charge in [0.1, 0.15) is 0 Å². The molecule has 3 heteroatoms. The summed E-state index contributed by atoms with van der Waals surface area (Å²) in [6.07, 6.45) is 2.59. The molecule has 1 atom stereocenters. The summed E-state index contributed by atoms with van der Waals surface area (Å²) in [5.41, 5.74) is 0. The molecule has 1 heterocycles. The lowest BCUT2D eigenvalue weighted by atomic mass is 10.1. The largest absolute Gasteiger partial charge is 0.320 e. The van der Waals surface area contributed by atoms with Gasteiger partial charge in [-0.05, 0) is 39.9 Å². The molecule has 15 heavy (non-hydrogen) atoms. The van der Waals surface area contributed by atoms with Gasteiger partial charge >= 0.3 is 0 Å². The second-order valence-corrected chi connectivity index (χ2v) is 6.94. The molecule has 0 saturated carbocycles. The second-order valence-electron chi connectivity index (χ2n) is 5.14. The first-order chi connectivity index (χ1) is 7.05. The first-order valence-corrected chi connectivity index (χ1v) is 7.06. The molecule has 0 radical (unpaired) electrons. The molecule has 0 amide bonds. The summed E-state index contributed by atoms with van der Waals surface area (Å²) in [5, 5.41) is 3.24. The highest BCUT2D eigenvalue weighted by Gasteiger charge is 2.25. The third-order valence-electron chi connectivity index (χ3n) is 3.31. The molecule has 1 fully saturated rings. The minimum absolute atomic E-state index is 0.484. The Balaban J connectivity index is 2.36. The first-order valence-electron chi connectivity index (χ1n) is 6.08. The van der Waals surface area contributed by atoms with Crippen LogP contribution in [0.3, 0.4) is 0 Å². The first kappa shape index (κ1) is 13.3. The van der Waals surface area contributed by atoms with Crippen molar-refractivity contribution in [1.82, 2.24) is 10.2 Å². The normalized spacial score (nSPS) is 24.8. The van der Waals surface area contributed by atoms with Crippen LogP contribution in [0, 0.1) is 0 Å². The zero-order chi connectivity index (χ0) is 11.3. The van der Waals surface area contributed by atoms with Gasteiger partial charge < -0.3 is 5.32 Å². The Bertz CT molecular complexity index is 182. The van der Waals surface area contributed by atoms with Crippen molar-refractivity contribution in [3.05, 3.63) is 0 Å². The van der Waals surface area contributed by atoms with Crippen LogP contribution in [-0.2, 0) is 0 Å². The van der Waals surface area contributed by atoms with Crippen molar-refractivity contribution in [3.63, 3.8) is 0 Å². The van der Waals surface area contributed by atoms with E-state index in [0.717, 1.165) is 12.6 Å². The molecule has 0 aromatic carbocycles. The van der Waals surface area contributed by atoms with Crippen molar-refractivity contribution in [3.8, 4) is 0 Å². The maximum absolute atomic E-state index is 3.24. The van der Waals surface area contributed by atoms with E-state index in [1.54, 1.807) is 0 Å². The molecule has 0 aromatic rings. The van der Waals surface area contributed by atoms with Crippen molar-refractivity contribution in [2.45, 2.75) is 44.4 Å². The van der Waals surface area contributed by atoms with Crippen molar-refractivity contribution in [2.75, 3.05) is 32.4 Å². The molecule has 0 aromatic heterocycles. The molecule has 1 rings (SSSR count). The Labute approximate surface area is 99.2 Å². The lowest BCUT2D eigenvalue weighted by molar-refractivity contribution is 0.208. The van der Waals surface area contributed by atoms with Crippen LogP contribution in [0.5, 0.6) is 0 Å². The summed E-state index contributed by atoms with van der Waals surface area (Å²) < 4.78 is 0.484. The van der Waals surface area contributed by atoms with Crippen LogP contribution < -0.4 is 5.32 Å². The molecule has 1 aliphatic heterocycles. The highest BCUT2D eigenvalue weighted by molar-refractivity contribution is 8.00. The minimum Gasteiger partial charge on any atom is -0.320 e. The van der Waals surface area contributed by atoms with Crippen LogP contribution in [0.25, 0.3) is 0 Å². The molecule has 0 spiro atoms. The number of nitrogens with one attached hydrogen (secondary N) is 1. The van der Waals surface area contributed by atoms with E-state index in [2.05, 4.69) is 42.7 Å². The molecule has 1 aliphatic rings. The number of thioether (sulfide) groups is 1. The van der Waals surface area contributed by atoms with Gasteiger partial charge in [-0.2, -0.15) is 11.8 Å². The summed E-state index contributed by atoms with van der Waals surface area (Å²) in [4.78, 5) is 2.65. The van der Waals surface area contributed by atoms with Crippen molar-refractivity contribution in [1.29, 1.82) is 0 Å². The van der Waals surface area contributed by atoms with Gasteiger partial charge in [0.15, 0.2) is 0 Å². The van der Waals surface area contributed by atoms with Crippen LogP contribution >= 0.6 is 11.8 Å². The SMILES string of the molecule is CNCCC(C)N1CCSC(C)(C)CC1. The van der Waals surface area contributed by atoms with Gasteiger partial charge in [0.25, 0.3) is 0 Å². The van der Waals surface area contributed by atoms with Crippen LogP contribution in [0.1, 0.15) is 33.6 Å². The Morgan fingerprint density at radius 1 is 1.40 bits per heavy atom. The number of hydrogen-bond acceptors (Lipinski definition) is 3. The van der Waals surface area contributed by atoms with Gasteiger partial charge in [0.2, 0.25) is 0 Å². The summed E-state index contributed by atoms with van der Waals surface area (Å²) in [5.74, 6) is 1.29. The Morgan fingerprint density at radius 3 is 2.80 bits per heavy atom. The molecule has 1 saturated heterocycles. The topological polar surface area (TPSA) is 15.3 Å². The van der Waals surface area contributed by atoms with Gasteiger partial charge in [0.05, 0.1) is 0 Å². The fraction of sp³-hybridized carbons (Fsp3) is 1.00. The number of rotatable bonds is 4. The summed E-state index contributed by atoms with van der Waals surface area (Å²) in [7, 11) is 2.04. The van der Waals surface area contributed by atoms with E-state index in [9.17, 15) is 0 Å². The lowest BCUT2D eigenvalue weighted by Gasteiger charge is -2.28. The summed E-state index contributed by atoms with van der Waals surface area (Å²) >= 11 is 2.13. The highest BCUT2D eigenvalue weighted by atomic mass is 32.2. The molecule has 1 unspecified atom stereocenters. The van der Waals surface area contributed by atoms with Gasteiger partial charge in [0, 0.05) is 23.1 Å². The Hall–Kier alpha value is 0.270. The zero-order valence-electron chi connectivity index (χ0n) is 10.7. The standard InChI is InChI=1S/C12H26N2S/c1-11(5-7-13-4)14-8-6-12(2,3)15-10-9-14/h11,13H,5-10H2,1-4H3. The van der Waals surface area contributed by atoms with Gasteiger partial charge in [-0.15, -0.1) is 0 Å². The Kier molecular flexibility index (Phi) is 5.44. The predicted molar refractivity (Wildman–Crippen MR) is 70.7 cm³/mol. The number of nitrogens with zero attached hydrogens (tertiary/aromatic N) is 1. The molecular formula is C12H26N2S. The van der Waals surface area contributed by atoms with Crippen LogP contribution in [0.4, 0.5) is 0 Å².